The molecule has 9 heteroatoms. The number of aryl methyl sites for hydroxylation is 1. The van der Waals surface area contributed by atoms with Crippen LogP contribution in [0.1, 0.15) is 29.2 Å². The zero-order valence-corrected chi connectivity index (χ0v) is 16.3. The lowest BCUT2D eigenvalue weighted by atomic mass is 9.91. The summed E-state index contributed by atoms with van der Waals surface area (Å²) in [5, 5.41) is 22.3. The number of hydrogen-bond acceptors (Lipinski definition) is 6. The van der Waals surface area contributed by atoms with E-state index in [2.05, 4.69) is 9.97 Å². The fourth-order valence-electron chi connectivity index (χ4n) is 4.25. The smallest absolute Gasteiger partial charge is 0.164 e. The van der Waals surface area contributed by atoms with Crippen molar-refractivity contribution in [3.8, 4) is 0 Å². The lowest BCUT2D eigenvalue weighted by Crippen LogP contribution is -2.37. The Balaban J connectivity index is 1.51. The Bertz CT molecular complexity index is 1090. The average molecular weight is 420 g/mol. The van der Waals surface area contributed by atoms with Gasteiger partial charge in [0.15, 0.2) is 6.23 Å². The number of halogens is 2. The molecule has 5 rings (SSSR count). The van der Waals surface area contributed by atoms with Crippen LogP contribution in [0.25, 0.3) is 11.0 Å². The van der Waals surface area contributed by atoms with Gasteiger partial charge in [0.05, 0.1) is 17.3 Å². The number of nitrogens with zero attached hydrogens (tertiary/aromatic N) is 3. The Kier molecular flexibility index (Phi) is 4.56. The molecule has 2 aliphatic heterocycles. The Morgan fingerprint density at radius 1 is 1.21 bits per heavy atom. The lowest BCUT2D eigenvalue weighted by Gasteiger charge is -2.31. The molecule has 4 heterocycles. The molecule has 0 aliphatic carbocycles. The van der Waals surface area contributed by atoms with Crippen LogP contribution in [0.5, 0.6) is 0 Å². The van der Waals surface area contributed by atoms with Gasteiger partial charge in [-0.05, 0) is 36.6 Å². The first-order valence-electron chi connectivity index (χ1n) is 9.35. The lowest BCUT2D eigenvalue weighted by molar-refractivity contribution is -0.113. The van der Waals surface area contributed by atoms with Crippen LogP contribution < -0.4 is 0 Å². The number of aliphatic hydroxyl groups is 2. The Hall–Kier alpha value is -2.10. The molecule has 2 N–H and O–H groups in total. The highest BCUT2D eigenvalue weighted by Gasteiger charge is 2.49. The summed E-state index contributed by atoms with van der Waals surface area (Å²) in [5.41, 5.74) is 2.43. The summed E-state index contributed by atoms with van der Waals surface area (Å²) in [5.74, 6) is -0.481. The van der Waals surface area contributed by atoms with Gasteiger partial charge in [-0.25, -0.2) is 14.4 Å². The van der Waals surface area contributed by atoms with Crippen LogP contribution in [-0.2, 0) is 15.9 Å². The second kappa shape index (κ2) is 7.00. The number of aromatic nitrogens is 3. The third-order valence-electron chi connectivity index (χ3n) is 5.74. The maximum atomic E-state index is 14.5. The molecule has 1 saturated heterocycles. The summed E-state index contributed by atoms with van der Waals surface area (Å²) < 4.78 is 28.0. The van der Waals surface area contributed by atoms with E-state index in [0.29, 0.717) is 23.2 Å². The highest BCUT2D eigenvalue weighted by molar-refractivity contribution is 6.30. The van der Waals surface area contributed by atoms with E-state index < -0.39 is 36.5 Å². The van der Waals surface area contributed by atoms with E-state index in [9.17, 15) is 14.6 Å². The van der Waals surface area contributed by atoms with Crippen molar-refractivity contribution in [2.75, 3.05) is 6.61 Å². The third-order valence-corrected chi connectivity index (χ3v) is 6.04. The molecule has 0 saturated carbocycles. The van der Waals surface area contributed by atoms with Crippen molar-refractivity contribution in [3.63, 3.8) is 0 Å². The van der Waals surface area contributed by atoms with Crippen LogP contribution in [0.3, 0.4) is 0 Å². The first kappa shape index (κ1) is 18.9. The molecule has 0 amide bonds. The fraction of sp³-hybridized carbons (Fsp3) is 0.400. The van der Waals surface area contributed by atoms with Crippen molar-refractivity contribution in [1.29, 1.82) is 0 Å². The predicted octanol–water partition coefficient (Wildman–Crippen LogP) is 2.47. The van der Waals surface area contributed by atoms with Gasteiger partial charge in [0.1, 0.15) is 42.2 Å². The molecule has 5 atom stereocenters. The minimum atomic E-state index is -1.23. The van der Waals surface area contributed by atoms with Crippen molar-refractivity contribution in [1.82, 2.24) is 14.5 Å². The summed E-state index contributed by atoms with van der Waals surface area (Å²) in [6.45, 7) is 2.13. The molecule has 2 aromatic heterocycles. The zero-order valence-electron chi connectivity index (χ0n) is 15.5. The van der Waals surface area contributed by atoms with Crippen LogP contribution in [0.4, 0.5) is 4.39 Å². The van der Waals surface area contributed by atoms with Gasteiger partial charge in [0, 0.05) is 11.6 Å². The van der Waals surface area contributed by atoms with Crippen LogP contribution in [-0.4, -0.2) is 49.7 Å². The molecule has 29 heavy (non-hydrogen) atoms. The van der Waals surface area contributed by atoms with E-state index >= 15 is 0 Å². The van der Waals surface area contributed by atoms with E-state index in [0.717, 1.165) is 11.1 Å². The highest BCUT2D eigenvalue weighted by atomic mass is 35.5. The van der Waals surface area contributed by atoms with E-state index in [1.54, 1.807) is 16.8 Å². The van der Waals surface area contributed by atoms with Gasteiger partial charge in [0.25, 0.3) is 0 Å². The molecule has 1 fully saturated rings. The van der Waals surface area contributed by atoms with Crippen LogP contribution in [0.15, 0.2) is 30.7 Å². The largest absolute Gasteiger partial charge is 0.387 e. The first-order valence-corrected chi connectivity index (χ1v) is 9.73. The summed E-state index contributed by atoms with van der Waals surface area (Å²) >= 11 is 5.91. The van der Waals surface area contributed by atoms with Gasteiger partial charge in [-0.1, -0.05) is 17.7 Å². The summed E-state index contributed by atoms with van der Waals surface area (Å²) in [7, 11) is 0. The van der Waals surface area contributed by atoms with Gasteiger partial charge in [0.2, 0.25) is 0 Å². The number of fused-ring (bicyclic) bond motifs is 2. The molecule has 3 aromatic rings. The fourth-order valence-corrected chi connectivity index (χ4v) is 4.42. The maximum absolute atomic E-state index is 14.5. The average Bonchev–Trinajstić information content (AvgIpc) is 3.27. The van der Waals surface area contributed by atoms with E-state index in [1.165, 1.54) is 12.4 Å². The van der Waals surface area contributed by atoms with Gasteiger partial charge >= 0.3 is 0 Å². The number of hydrogen-bond donors (Lipinski definition) is 2. The molecule has 0 radical (unpaired) electrons. The molecule has 2 aliphatic rings. The molecule has 1 unspecified atom stereocenters. The third kappa shape index (κ3) is 2.86. The highest BCUT2D eigenvalue weighted by Crippen LogP contribution is 2.42. The molecule has 1 aromatic carbocycles. The number of aliphatic hydroxyl groups excluding tert-OH is 2. The predicted molar refractivity (Wildman–Crippen MR) is 102 cm³/mol. The molecular formula is C20H19ClFN3O4. The summed E-state index contributed by atoms with van der Waals surface area (Å²) in [4.78, 5) is 8.45. The van der Waals surface area contributed by atoms with Crippen molar-refractivity contribution < 1.29 is 24.1 Å². The van der Waals surface area contributed by atoms with Gasteiger partial charge < -0.3 is 24.3 Å². The summed E-state index contributed by atoms with van der Waals surface area (Å²) in [6.07, 6.45) is -1.35. The summed E-state index contributed by atoms with van der Waals surface area (Å²) in [6, 6.07) is 4.98. The topological polar surface area (TPSA) is 89.6 Å². The molecule has 0 bridgehead atoms. The minimum Gasteiger partial charge on any atom is -0.387 e. The quantitative estimate of drug-likeness (QED) is 0.663. The maximum Gasteiger partial charge on any atom is 0.164 e. The Morgan fingerprint density at radius 2 is 2.03 bits per heavy atom. The van der Waals surface area contributed by atoms with Crippen LogP contribution >= 0.6 is 11.6 Å². The second-order valence-electron chi connectivity index (χ2n) is 7.36. The number of rotatable bonds is 2. The zero-order chi connectivity index (χ0) is 20.3. The van der Waals surface area contributed by atoms with Crippen molar-refractivity contribution in [3.05, 3.63) is 58.4 Å². The first-order chi connectivity index (χ1) is 14.0. The standard InChI is InChI=1S/C20H19ClFN3O4/c1-9-10-4-6-25(19(10)24-8-23-9)20-16(27)15(26)18(29-20)17-12-2-3-13(21)14(22)11(12)5-7-28-17/h2-4,6,8,15-18,20,26-27H,5,7H2,1H3/t15-,16+,17+,18?,20+/m0/s1. The number of benzene rings is 1. The normalized spacial score (nSPS) is 29.3. The van der Waals surface area contributed by atoms with Crippen LogP contribution in [0, 0.1) is 12.7 Å². The van der Waals surface area contributed by atoms with Crippen LogP contribution in [0.2, 0.25) is 5.02 Å². The monoisotopic (exact) mass is 419 g/mol. The van der Waals surface area contributed by atoms with Gasteiger partial charge in [-0.3, -0.25) is 0 Å². The Labute approximate surface area is 170 Å². The van der Waals surface area contributed by atoms with Gasteiger partial charge in [-0.2, -0.15) is 0 Å². The van der Waals surface area contributed by atoms with Crippen molar-refractivity contribution >= 4 is 22.6 Å². The van der Waals surface area contributed by atoms with Crippen molar-refractivity contribution in [2.24, 2.45) is 0 Å². The number of ether oxygens (including phenoxy) is 2. The molecule has 152 valence electrons. The molecular weight excluding hydrogens is 401 g/mol. The SMILES string of the molecule is Cc1ncnc2c1ccn2[C@@H]1OC([C@@H]2OCCc3c2ccc(Cl)c3F)[C@@H](O)[C@H]1O. The van der Waals surface area contributed by atoms with Gasteiger partial charge in [-0.15, -0.1) is 0 Å². The van der Waals surface area contributed by atoms with E-state index in [-0.39, 0.29) is 11.6 Å². The van der Waals surface area contributed by atoms with E-state index in [4.69, 9.17) is 21.1 Å². The second-order valence-corrected chi connectivity index (χ2v) is 7.77. The van der Waals surface area contributed by atoms with E-state index in [1.807, 2.05) is 13.0 Å². The molecule has 7 nitrogen and oxygen atoms in total. The van der Waals surface area contributed by atoms with Crippen molar-refractivity contribution in [2.45, 2.75) is 44.0 Å². The molecule has 0 spiro atoms. The Morgan fingerprint density at radius 3 is 2.86 bits per heavy atom. The minimum absolute atomic E-state index is 0.0454.